The van der Waals surface area contributed by atoms with Gasteiger partial charge in [-0.2, -0.15) is 0 Å². The Kier molecular flexibility index (Phi) is 4.96. The van der Waals surface area contributed by atoms with E-state index in [-0.39, 0.29) is 18.3 Å². The molecule has 2 aromatic carbocycles. The van der Waals surface area contributed by atoms with E-state index in [1.807, 2.05) is 50.2 Å². The maximum Gasteiger partial charge on any atom is 0.190 e. The van der Waals surface area contributed by atoms with Crippen molar-refractivity contribution in [2.75, 3.05) is 0 Å². The van der Waals surface area contributed by atoms with Gasteiger partial charge in [0.15, 0.2) is 12.1 Å². The summed E-state index contributed by atoms with van der Waals surface area (Å²) in [5.74, 6) is -0.674. The molecule has 1 aliphatic carbocycles. The minimum absolute atomic E-state index is 0.0492. The molecule has 5 nitrogen and oxygen atoms in total. The fourth-order valence-corrected chi connectivity index (χ4v) is 4.76. The van der Waals surface area contributed by atoms with Crippen molar-refractivity contribution in [3.8, 4) is 0 Å². The van der Waals surface area contributed by atoms with Gasteiger partial charge in [-0.1, -0.05) is 60.7 Å². The first-order valence-electron chi connectivity index (χ1n) is 10.4. The summed E-state index contributed by atoms with van der Waals surface area (Å²) in [6.07, 6.45) is 0.766. The smallest absolute Gasteiger partial charge is 0.190 e. The van der Waals surface area contributed by atoms with Gasteiger partial charge in [0.25, 0.3) is 0 Å². The highest BCUT2D eigenvalue weighted by atomic mass is 16.8. The van der Waals surface area contributed by atoms with Gasteiger partial charge in [-0.15, -0.1) is 0 Å². The van der Waals surface area contributed by atoms with Crippen molar-refractivity contribution in [2.45, 2.75) is 75.9 Å². The van der Waals surface area contributed by atoms with Gasteiger partial charge in [0.2, 0.25) is 0 Å². The summed E-state index contributed by atoms with van der Waals surface area (Å²) in [5.41, 5.74) is 1.73. The van der Waals surface area contributed by atoms with Crippen molar-refractivity contribution >= 4 is 0 Å². The monoisotopic (exact) mass is 396 g/mol. The van der Waals surface area contributed by atoms with Gasteiger partial charge in [-0.3, -0.25) is 0 Å². The van der Waals surface area contributed by atoms with Crippen molar-refractivity contribution in [3.05, 3.63) is 71.8 Å². The highest BCUT2D eigenvalue weighted by Gasteiger charge is 2.68. The molecule has 0 spiro atoms. The molecule has 2 heterocycles. The summed E-state index contributed by atoms with van der Waals surface area (Å²) in [7, 11) is 0. The number of rotatable bonds is 6. The van der Waals surface area contributed by atoms with Crippen molar-refractivity contribution in [3.63, 3.8) is 0 Å². The molecule has 0 aromatic heterocycles. The van der Waals surface area contributed by atoms with Crippen LogP contribution in [-0.4, -0.2) is 36.0 Å². The molecule has 5 rings (SSSR count). The summed E-state index contributed by atoms with van der Waals surface area (Å²) in [6, 6.07) is 20.4. The highest BCUT2D eigenvalue weighted by molar-refractivity contribution is 5.17. The Hall–Kier alpha value is -1.76. The van der Waals surface area contributed by atoms with Crippen molar-refractivity contribution < 1.29 is 23.7 Å². The van der Waals surface area contributed by atoms with Crippen LogP contribution in [0.5, 0.6) is 0 Å². The molecule has 2 saturated heterocycles. The molecule has 5 atom stereocenters. The summed E-state index contributed by atoms with van der Waals surface area (Å²) < 4.78 is 31.5. The lowest BCUT2D eigenvalue weighted by Gasteiger charge is -2.34. The Morgan fingerprint density at radius 3 is 2.21 bits per heavy atom. The molecule has 2 aromatic rings. The standard InChI is InChI=1S/C24H28O5/c1-23(2)28-21-22(29-23)27-20-19(25-15-17-9-5-3-6-10-17)13-14-24(20,21)26-16-18-11-7-4-8-12-18/h3-12,19-22H,13-16H2,1-2H3/t19-,20-,21+,22+,24-/m1/s1. The number of benzene rings is 2. The summed E-state index contributed by atoms with van der Waals surface area (Å²) in [5, 5.41) is 0. The number of fused-ring (bicyclic) bond motifs is 3. The molecule has 0 amide bonds. The average molecular weight is 396 g/mol. The van der Waals surface area contributed by atoms with E-state index < -0.39 is 17.7 Å². The minimum atomic E-state index is -0.674. The molecule has 0 unspecified atom stereocenters. The van der Waals surface area contributed by atoms with Crippen LogP contribution in [0.1, 0.15) is 37.8 Å². The Balaban J connectivity index is 1.34. The second-order valence-corrected chi connectivity index (χ2v) is 8.58. The second kappa shape index (κ2) is 7.49. The zero-order valence-corrected chi connectivity index (χ0v) is 17.0. The predicted molar refractivity (Wildman–Crippen MR) is 107 cm³/mol. The van der Waals surface area contributed by atoms with Crippen LogP contribution >= 0.6 is 0 Å². The molecule has 2 aliphatic heterocycles. The topological polar surface area (TPSA) is 46.2 Å². The van der Waals surface area contributed by atoms with Crippen molar-refractivity contribution in [2.24, 2.45) is 0 Å². The zero-order chi connectivity index (χ0) is 19.9. The van der Waals surface area contributed by atoms with Crippen LogP contribution in [0, 0.1) is 0 Å². The Morgan fingerprint density at radius 1 is 0.862 bits per heavy atom. The van der Waals surface area contributed by atoms with E-state index in [1.165, 1.54) is 0 Å². The summed E-state index contributed by atoms with van der Waals surface area (Å²) in [4.78, 5) is 0. The van der Waals surface area contributed by atoms with Gasteiger partial charge < -0.3 is 23.7 Å². The van der Waals surface area contributed by atoms with Gasteiger partial charge >= 0.3 is 0 Å². The first-order valence-corrected chi connectivity index (χ1v) is 10.4. The fourth-order valence-electron chi connectivity index (χ4n) is 4.76. The van der Waals surface area contributed by atoms with Gasteiger partial charge in [0.1, 0.15) is 17.8 Å². The van der Waals surface area contributed by atoms with Gasteiger partial charge in [-0.05, 0) is 37.8 Å². The van der Waals surface area contributed by atoms with Crippen molar-refractivity contribution in [1.29, 1.82) is 0 Å². The van der Waals surface area contributed by atoms with Gasteiger partial charge in [0, 0.05) is 0 Å². The third kappa shape index (κ3) is 3.62. The second-order valence-electron chi connectivity index (χ2n) is 8.58. The fraction of sp³-hybridized carbons (Fsp3) is 0.500. The molecule has 1 saturated carbocycles. The van der Waals surface area contributed by atoms with E-state index >= 15 is 0 Å². The van der Waals surface area contributed by atoms with Crippen LogP contribution in [0.3, 0.4) is 0 Å². The molecule has 0 radical (unpaired) electrons. The lowest BCUT2D eigenvalue weighted by atomic mass is 9.94. The summed E-state index contributed by atoms with van der Waals surface area (Å²) in [6.45, 7) is 4.92. The zero-order valence-electron chi connectivity index (χ0n) is 17.0. The molecule has 154 valence electrons. The van der Waals surface area contributed by atoms with E-state index in [9.17, 15) is 0 Å². The van der Waals surface area contributed by atoms with E-state index in [4.69, 9.17) is 23.7 Å². The normalized spacial score (nSPS) is 34.8. The van der Waals surface area contributed by atoms with E-state index in [0.717, 1.165) is 24.0 Å². The largest absolute Gasteiger partial charge is 0.371 e. The van der Waals surface area contributed by atoms with Crippen LogP contribution in [0.2, 0.25) is 0 Å². The maximum atomic E-state index is 6.58. The average Bonchev–Trinajstić information content (AvgIpc) is 3.32. The molecular weight excluding hydrogens is 368 g/mol. The molecule has 0 N–H and O–H groups in total. The van der Waals surface area contributed by atoms with E-state index in [0.29, 0.717) is 13.2 Å². The maximum absolute atomic E-state index is 6.58. The van der Waals surface area contributed by atoms with Crippen molar-refractivity contribution in [1.82, 2.24) is 0 Å². The summed E-state index contributed by atoms with van der Waals surface area (Å²) >= 11 is 0. The Labute approximate surface area is 171 Å². The molecular formula is C24H28O5. The SMILES string of the molecule is CC1(C)O[C@@H]2O[C@@H]3[C@H](OCc4ccccc4)CC[C@]3(OCc3ccccc3)[C@H]2O1. The highest BCUT2D eigenvalue weighted by Crippen LogP contribution is 2.53. The molecule has 29 heavy (non-hydrogen) atoms. The third-order valence-electron chi connectivity index (χ3n) is 6.12. The Morgan fingerprint density at radius 2 is 1.52 bits per heavy atom. The van der Waals surface area contributed by atoms with Crippen LogP contribution in [0.15, 0.2) is 60.7 Å². The first kappa shape index (κ1) is 19.2. The predicted octanol–water partition coefficient (Wildman–Crippen LogP) is 4.20. The lowest BCUT2D eigenvalue weighted by molar-refractivity contribution is -0.243. The van der Waals surface area contributed by atoms with Crippen LogP contribution in [0.25, 0.3) is 0 Å². The number of ether oxygens (including phenoxy) is 5. The lowest BCUT2D eigenvalue weighted by Crippen LogP contribution is -2.50. The van der Waals surface area contributed by atoms with E-state index in [2.05, 4.69) is 24.3 Å². The van der Waals surface area contributed by atoms with Crippen LogP contribution < -0.4 is 0 Å². The van der Waals surface area contributed by atoms with Crippen LogP contribution in [-0.2, 0) is 36.9 Å². The number of hydrogen-bond acceptors (Lipinski definition) is 5. The Bertz CT molecular complexity index is 824. The van der Waals surface area contributed by atoms with E-state index in [1.54, 1.807) is 0 Å². The van der Waals surface area contributed by atoms with Gasteiger partial charge in [-0.25, -0.2) is 0 Å². The number of hydrogen-bond donors (Lipinski definition) is 0. The first-order chi connectivity index (χ1) is 14.1. The molecule has 3 aliphatic rings. The van der Waals surface area contributed by atoms with Gasteiger partial charge in [0.05, 0.1) is 19.3 Å². The quantitative estimate of drug-likeness (QED) is 0.732. The van der Waals surface area contributed by atoms with Crippen LogP contribution in [0.4, 0.5) is 0 Å². The molecule has 3 fully saturated rings. The minimum Gasteiger partial charge on any atom is -0.371 e. The third-order valence-corrected chi connectivity index (χ3v) is 6.12. The molecule has 0 bridgehead atoms. The molecule has 5 heteroatoms.